The zero-order valence-electron chi connectivity index (χ0n) is 18.0. The van der Waals surface area contributed by atoms with Crippen LogP contribution in [-0.2, 0) is 42.9 Å². The highest BCUT2D eigenvalue weighted by molar-refractivity contribution is 5.75. The normalized spacial score (nSPS) is 27.7. The molecule has 12 nitrogen and oxygen atoms in total. The van der Waals surface area contributed by atoms with Gasteiger partial charge in [-0.15, -0.1) is 0 Å². The summed E-state index contributed by atoms with van der Waals surface area (Å²) in [6.07, 6.45) is -4.54. The molecule has 0 aromatic carbocycles. The molecule has 2 rings (SSSR count). The summed E-state index contributed by atoms with van der Waals surface area (Å²) >= 11 is 0. The maximum Gasteiger partial charge on any atom is 0.319 e. The summed E-state index contributed by atoms with van der Waals surface area (Å²) in [6.45, 7) is 5.33. The van der Waals surface area contributed by atoms with E-state index in [0.29, 0.717) is 13.1 Å². The second-order valence-electron chi connectivity index (χ2n) is 7.26. The molecule has 2 aliphatic heterocycles. The minimum atomic E-state index is -1.32. The van der Waals surface area contributed by atoms with Crippen molar-refractivity contribution in [2.24, 2.45) is 0 Å². The summed E-state index contributed by atoms with van der Waals surface area (Å²) in [7, 11) is 0. The quantitative estimate of drug-likeness (QED) is 0.434. The van der Waals surface area contributed by atoms with Crippen molar-refractivity contribution in [3.05, 3.63) is 0 Å². The van der Waals surface area contributed by atoms with E-state index in [0.717, 1.165) is 33.6 Å². The van der Waals surface area contributed by atoms with Crippen molar-refractivity contribution in [1.82, 2.24) is 10.2 Å². The van der Waals surface area contributed by atoms with E-state index >= 15 is 0 Å². The number of esters is 4. The van der Waals surface area contributed by atoms with E-state index in [1.165, 1.54) is 6.92 Å². The highest BCUT2D eigenvalue weighted by atomic mass is 16.7. The van der Waals surface area contributed by atoms with Crippen LogP contribution in [0.4, 0.5) is 4.79 Å². The number of likely N-dealkylation sites (tertiary alicyclic amines) is 1. The molecule has 12 heteroatoms. The third-order valence-corrected chi connectivity index (χ3v) is 4.65. The lowest BCUT2D eigenvalue weighted by Crippen LogP contribution is -2.66. The van der Waals surface area contributed by atoms with Crippen molar-refractivity contribution < 1.29 is 47.7 Å². The van der Waals surface area contributed by atoms with Gasteiger partial charge in [0.15, 0.2) is 24.5 Å². The van der Waals surface area contributed by atoms with Crippen LogP contribution in [0.2, 0.25) is 0 Å². The molecule has 2 amide bonds. The number of hydrogen-bond donors (Lipinski definition) is 1. The van der Waals surface area contributed by atoms with Gasteiger partial charge in [-0.3, -0.25) is 19.2 Å². The summed E-state index contributed by atoms with van der Waals surface area (Å²) in [4.78, 5) is 60.7. The summed E-state index contributed by atoms with van der Waals surface area (Å²) in [6, 6.07) is -0.460. The van der Waals surface area contributed by atoms with Crippen LogP contribution in [0.25, 0.3) is 0 Å². The highest BCUT2D eigenvalue weighted by Crippen LogP contribution is 2.28. The van der Waals surface area contributed by atoms with Gasteiger partial charge in [-0.1, -0.05) is 0 Å². The Kier molecular flexibility index (Phi) is 8.60. The number of hydrogen-bond acceptors (Lipinski definition) is 10. The van der Waals surface area contributed by atoms with Crippen LogP contribution in [0, 0.1) is 0 Å². The van der Waals surface area contributed by atoms with Crippen molar-refractivity contribution in [2.75, 3.05) is 19.7 Å². The molecule has 31 heavy (non-hydrogen) atoms. The molecule has 0 aliphatic carbocycles. The molecule has 0 unspecified atom stereocenters. The topological polar surface area (TPSA) is 147 Å². The molecule has 2 fully saturated rings. The summed E-state index contributed by atoms with van der Waals surface area (Å²) in [5.74, 6) is -2.81. The van der Waals surface area contributed by atoms with Crippen LogP contribution in [0.1, 0.15) is 40.5 Å². The Hall–Kier alpha value is -2.89. The van der Waals surface area contributed by atoms with Gasteiger partial charge in [-0.25, -0.2) is 4.79 Å². The second-order valence-corrected chi connectivity index (χ2v) is 7.26. The monoisotopic (exact) mass is 444 g/mol. The Morgan fingerprint density at radius 1 is 0.806 bits per heavy atom. The summed E-state index contributed by atoms with van der Waals surface area (Å²) in [5, 5.41) is 2.63. The number of nitrogens with one attached hydrogen (secondary N) is 1. The Labute approximate surface area is 179 Å². The van der Waals surface area contributed by atoms with Gasteiger partial charge >= 0.3 is 29.9 Å². The maximum atomic E-state index is 12.6. The van der Waals surface area contributed by atoms with Crippen molar-refractivity contribution in [3.8, 4) is 0 Å². The molecule has 1 N–H and O–H groups in total. The zero-order valence-corrected chi connectivity index (χ0v) is 18.0. The number of rotatable bonds is 6. The molecule has 2 aliphatic rings. The van der Waals surface area contributed by atoms with Crippen LogP contribution in [0.3, 0.4) is 0 Å². The van der Waals surface area contributed by atoms with E-state index in [4.69, 9.17) is 23.7 Å². The zero-order chi connectivity index (χ0) is 23.1. The first-order valence-corrected chi connectivity index (χ1v) is 9.94. The number of amides is 2. The van der Waals surface area contributed by atoms with Crippen LogP contribution in [0.5, 0.6) is 0 Å². The Balaban J connectivity index is 2.36. The fourth-order valence-corrected chi connectivity index (χ4v) is 3.48. The summed E-state index contributed by atoms with van der Waals surface area (Å²) in [5.41, 5.74) is 0. The Morgan fingerprint density at radius 3 is 1.84 bits per heavy atom. The smallest absolute Gasteiger partial charge is 0.319 e. The van der Waals surface area contributed by atoms with Crippen LogP contribution >= 0.6 is 0 Å². The van der Waals surface area contributed by atoms with Gasteiger partial charge in [-0.2, -0.15) is 0 Å². The number of urea groups is 1. The minimum absolute atomic E-state index is 0.353. The molecule has 0 aromatic heterocycles. The molecule has 2 saturated heterocycles. The molecule has 0 aromatic rings. The Bertz CT molecular complexity index is 706. The molecule has 0 saturated carbocycles. The average molecular weight is 444 g/mol. The van der Waals surface area contributed by atoms with E-state index < -0.39 is 60.6 Å². The first-order valence-electron chi connectivity index (χ1n) is 9.94. The number of carbonyl (C=O) groups is 5. The van der Waals surface area contributed by atoms with E-state index in [9.17, 15) is 24.0 Å². The van der Waals surface area contributed by atoms with Gasteiger partial charge < -0.3 is 33.9 Å². The van der Waals surface area contributed by atoms with E-state index in [2.05, 4.69) is 5.32 Å². The first kappa shape index (κ1) is 24.4. The van der Waals surface area contributed by atoms with Crippen LogP contribution in [-0.4, -0.2) is 85.1 Å². The fourth-order valence-electron chi connectivity index (χ4n) is 3.48. The molecule has 2 heterocycles. The SMILES string of the molecule is CC(=O)OC[C@H]1O[C@@H](NC(=O)N2CCCC2)[C@H](OC(C)=O)[C@@H](OC(C)=O)[C@@H]1OC(C)=O. The van der Waals surface area contributed by atoms with Gasteiger partial charge in [0, 0.05) is 40.8 Å². The second kappa shape index (κ2) is 10.9. The standard InChI is InChI=1S/C19H28N2O10/c1-10(22)27-9-14-15(28-11(2)23)16(29-12(3)24)17(30-13(4)25)18(31-14)20-19(26)21-7-5-6-8-21/h14-18H,5-9H2,1-4H3,(H,20,26)/t14-,15-,16+,17-,18-/m1/s1. The lowest BCUT2D eigenvalue weighted by Gasteiger charge is -2.44. The van der Waals surface area contributed by atoms with Crippen molar-refractivity contribution in [2.45, 2.75) is 71.2 Å². The van der Waals surface area contributed by atoms with Gasteiger partial charge in [0.25, 0.3) is 0 Å². The number of ether oxygens (including phenoxy) is 5. The Morgan fingerprint density at radius 2 is 1.32 bits per heavy atom. The minimum Gasteiger partial charge on any atom is -0.463 e. The maximum absolute atomic E-state index is 12.6. The highest BCUT2D eigenvalue weighted by Gasteiger charge is 2.52. The predicted molar refractivity (Wildman–Crippen MR) is 101 cm³/mol. The number of carbonyl (C=O) groups excluding carboxylic acids is 5. The van der Waals surface area contributed by atoms with Gasteiger partial charge in [-0.05, 0) is 12.8 Å². The molecular formula is C19H28N2O10. The lowest BCUT2D eigenvalue weighted by molar-refractivity contribution is -0.255. The van der Waals surface area contributed by atoms with E-state index in [1.807, 2.05) is 0 Å². The van der Waals surface area contributed by atoms with Gasteiger partial charge in [0.2, 0.25) is 0 Å². The third kappa shape index (κ3) is 7.09. The van der Waals surface area contributed by atoms with Crippen LogP contribution in [0.15, 0.2) is 0 Å². The molecule has 0 spiro atoms. The number of nitrogens with zero attached hydrogens (tertiary/aromatic N) is 1. The average Bonchev–Trinajstić information content (AvgIpc) is 3.18. The third-order valence-electron chi connectivity index (χ3n) is 4.65. The van der Waals surface area contributed by atoms with Crippen molar-refractivity contribution in [1.29, 1.82) is 0 Å². The van der Waals surface area contributed by atoms with Gasteiger partial charge in [0.05, 0.1) is 0 Å². The van der Waals surface area contributed by atoms with E-state index in [1.54, 1.807) is 4.90 Å². The van der Waals surface area contributed by atoms with Crippen molar-refractivity contribution in [3.63, 3.8) is 0 Å². The molecule has 0 radical (unpaired) electrons. The first-order chi connectivity index (χ1) is 14.6. The summed E-state index contributed by atoms with van der Waals surface area (Å²) < 4.78 is 26.7. The van der Waals surface area contributed by atoms with Crippen molar-refractivity contribution >= 4 is 29.9 Å². The largest absolute Gasteiger partial charge is 0.463 e. The van der Waals surface area contributed by atoms with Crippen LogP contribution < -0.4 is 5.32 Å². The molecule has 5 atom stereocenters. The predicted octanol–water partition coefficient (Wildman–Crippen LogP) is -0.125. The lowest BCUT2D eigenvalue weighted by atomic mass is 9.97. The van der Waals surface area contributed by atoms with Gasteiger partial charge in [0.1, 0.15) is 12.7 Å². The molecule has 0 bridgehead atoms. The fraction of sp³-hybridized carbons (Fsp3) is 0.737. The molecular weight excluding hydrogens is 416 g/mol. The molecule has 174 valence electrons. The van der Waals surface area contributed by atoms with E-state index in [-0.39, 0.29) is 6.61 Å².